The van der Waals surface area contributed by atoms with Crippen molar-refractivity contribution in [3.05, 3.63) is 29.1 Å². The highest BCUT2D eigenvalue weighted by molar-refractivity contribution is 5.28. The molecule has 0 bridgehead atoms. The van der Waals surface area contributed by atoms with Gasteiger partial charge in [0.05, 0.1) is 5.69 Å². The largest absolute Gasteiger partial charge is 0.309 e. The summed E-state index contributed by atoms with van der Waals surface area (Å²) >= 11 is 0. The number of nitrogens with one attached hydrogen (secondary N) is 1. The number of nitrogens with zero attached hydrogens (tertiary/aromatic N) is 1. The molecule has 1 aromatic heterocycles. The first-order chi connectivity index (χ1) is 6.93. The van der Waals surface area contributed by atoms with Crippen molar-refractivity contribution in [2.24, 2.45) is 0 Å². The monoisotopic (exact) mass is 188 g/mol. The molecule has 1 aliphatic carbocycles. The highest BCUT2D eigenvalue weighted by atomic mass is 15.0. The van der Waals surface area contributed by atoms with Crippen LogP contribution in [0.3, 0.4) is 0 Å². The molecule has 0 spiro atoms. The van der Waals surface area contributed by atoms with E-state index in [9.17, 15) is 0 Å². The van der Waals surface area contributed by atoms with Crippen molar-refractivity contribution in [1.29, 1.82) is 0 Å². The summed E-state index contributed by atoms with van der Waals surface area (Å²) in [5, 5.41) is 3.50. The van der Waals surface area contributed by atoms with E-state index in [4.69, 9.17) is 4.98 Å². The molecule has 14 heavy (non-hydrogen) atoms. The normalized spacial score (nSPS) is 25.3. The van der Waals surface area contributed by atoms with Gasteiger partial charge in [-0.05, 0) is 50.3 Å². The minimum atomic E-state index is 0.529. The smallest absolute Gasteiger partial charge is 0.0576 e. The summed E-state index contributed by atoms with van der Waals surface area (Å²) in [6.07, 6.45) is 6.27. The van der Waals surface area contributed by atoms with Gasteiger partial charge in [0.15, 0.2) is 0 Å². The van der Waals surface area contributed by atoms with Gasteiger partial charge in [0.2, 0.25) is 0 Å². The van der Waals surface area contributed by atoms with E-state index in [2.05, 4.69) is 17.4 Å². The first kappa shape index (κ1) is 8.42. The highest BCUT2D eigenvalue weighted by Crippen LogP contribution is 2.25. The molecule has 0 amide bonds. The van der Waals surface area contributed by atoms with Crippen molar-refractivity contribution >= 4 is 0 Å². The van der Waals surface area contributed by atoms with Gasteiger partial charge < -0.3 is 5.32 Å². The summed E-state index contributed by atoms with van der Waals surface area (Å²) < 4.78 is 0. The Hall–Kier alpha value is -0.890. The van der Waals surface area contributed by atoms with Gasteiger partial charge >= 0.3 is 0 Å². The van der Waals surface area contributed by atoms with E-state index in [0.29, 0.717) is 6.04 Å². The lowest BCUT2D eigenvalue weighted by molar-refractivity contribution is 0.624. The maximum atomic E-state index is 4.77. The number of rotatable bonds is 1. The van der Waals surface area contributed by atoms with Gasteiger partial charge in [-0.3, -0.25) is 4.98 Å². The van der Waals surface area contributed by atoms with Crippen molar-refractivity contribution in [3.63, 3.8) is 0 Å². The Balaban J connectivity index is 1.91. The molecule has 3 rings (SSSR count). The standard InChI is InChI=1S/C12H16N2/c1-3-9-6-7-12(14-10(9)4-1)11-5-2-8-13-11/h6-7,11,13H,1-5,8H2. The van der Waals surface area contributed by atoms with E-state index in [1.165, 1.54) is 49.1 Å². The third-order valence-electron chi connectivity index (χ3n) is 3.37. The SMILES string of the molecule is c1cc2c(nc1C1CCCN1)CCC2. The van der Waals surface area contributed by atoms with Gasteiger partial charge in [0, 0.05) is 11.7 Å². The molecule has 0 radical (unpaired) electrons. The lowest BCUT2D eigenvalue weighted by Gasteiger charge is -2.10. The Kier molecular flexibility index (Phi) is 2.02. The fourth-order valence-corrected chi connectivity index (χ4v) is 2.57. The summed E-state index contributed by atoms with van der Waals surface area (Å²) in [6, 6.07) is 5.03. The predicted molar refractivity (Wildman–Crippen MR) is 56.2 cm³/mol. The molecule has 1 saturated heterocycles. The van der Waals surface area contributed by atoms with Crippen LogP contribution >= 0.6 is 0 Å². The lowest BCUT2D eigenvalue weighted by Crippen LogP contribution is -2.14. The number of pyridine rings is 1. The van der Waals surface area contributed by atoms with Crippen LogP contribution in [-0.4, -0.2) is 11.5 Å². The number of aryl methyl sites for hydroxylation is 2. The zero-order valence-corrected chi connectivity index (χ0v) is 8.42. The molecule has 0 aromatic carbocycles. The third kappa shape index (κ3) is 1.34. The van der Waals surface area contributed by atoms with Crippen LogP contribution in [0.5, 0.6) is 0 Å². The molecule has 2 aliphatic rings. The Morgan fingerprint density at radius 3 is 3.07 bits per heavy atom. The summed E-state index contributed by atoms with van der Waals surface area (Å²) in [5.41, 5.74) is 4.10. The van der Waals surface area contributed by atoms with E-state index in [1.54, 1.807) is 0 Å². The summed E-state index contributed by atoms with van der Waals surface area (Å²) in [4.78, 5) is 4.77. The zero-order valence-electron chi connectivity index (χ0n) is 8.42. The molecule has 1 N–H and O–H groups in total. The van der Waals surface area contributed by atoms with E-state index < -0.39 is 0 Å². The van der Waals surface area contributed by atoms with E-state index in [0.717, 1.165) is 6.54 Å². The van der Waals surface area contributed by atoms with Crippen LogP contribution < -0.4 is 5.32 Å². The molecule has 0 saturated carbocycles. The maximum absolute atomic E-state index is 4.77. The summed E-state index contributed by atoms with van der Waals surface area (Å²) in [6.45, 7) is 1.16. The Labute approximate surface area is 84.7 Å². The van der Waals surface area contributed by atoms with Crippen molar-refractivity contribution in [2.45, 2.75) is 38.1 Å². The van der Waals surface area contributed by atoms with Crippen LogP contribution in [0, 0.1) is 0 Å². The Morgan fingerprint density at radius 1 is 1.21 bits per heavy atom. The van der Waals surface area contributed by atoms with E-state index in [1.807, 2.05) is 0 Å². The fraction of sp³-hybridized carbons (Fsp3) is 0.583. The molecule has 2 heteroatoms. The highest BCUT2D eigenvalue weighted by Gasteiger charge is 2.19. The predicted octanol–water partition coefficient (Wildman–Crippen LogP) is 1.99. The molecule has 1 atom stereocenters. The Bertz CT molecular complexity index is 340. The topological polar surface area (TPSA) is 24.9 Å². The Morgan fingerprint density at radius 2 is 2.21 bits per heavy atom. The quantitative estimate of drug-likeness (QED) is 0.729. The molecule has 1 unspecified atom stereocenters. The van der Waals surface area contributed by atoms with Gasteiger partial charge in [-0.2, -0.15) is 0 Å². The van der Waals surface area contributed by atoms with Crippen molar-refractivity contribution in [2.75, 3.05) is 6.54 Å². The van der Waals surface area contributed by atoms with E-state index in [-0.39, 0.29) is 0 Å². The molecule has 1 aromatic rings. The van der Waals surface area contributed by atoms with Gasteiger partial charge in [-0.25, -0.2) is 0 Å². The average Bonchev–Trinajstić information content (AvgIpc) is 2.88. The third-order valence-corrected chi connectivity index (χ3v) is 3.37. The van der Waals surface area contributed by atoms with Crippen LogP contribution in [0.25, 0.3) is 0 Å². The molecular weight excluding hydrogens is 172 g/mol. The second-order valence-electron chi connectivity index (χ2n) is 4.34. The molecule has 2 nitrogen and oxygen atoms in total. The summed E-state index contributed by atoms with van der Waals surface area (Å²) in [5.74, 6) is 0. The van der Waals surface area contributed by atoms with Gasteiger partial charge in [-0.1, -0.05) is 6.07 Å². The molecular formula is C12H16N2. The van der Waals surface area contributed by atoms with E-state index >= 15 is 0 Å². The average molecular weight is 188 g/mol. The van der Waals surface area contributed by atoms with Gasteiger partial charge in [0.1, 0.15) is 0 Å². The first-order valence-corrected chi connectivity index (χ1v) is 5.65. The second-order valence-corrected chi connectivity index (χ2v) is 4.34. The number of aromatic nitrogens is 1. The number of fused-ring (bicyclic) bond motifs is 1. The van der Waals surface area contributed by atoms with Crippen LogP contribution in [0.2, 0.25) is 0 Å². The number of hydrogen-bond donors (Lipinski definition) is 1. The molecule has 1 aliphatic heterocycles. The second kappa shape index (κ2) is 3.35. The van der Waals surface area contributed by atoms with Crippen LogP contribution in [0.15, 0.2) is 12.1 Å². The van der Waals surface area contributed by atoms with Crippen molar-refractivity contribution in [3.8, 4) is 0 Å². The van der Waals surface area contributed by atoms with Crippen LogP contribution in [0.4, 0.5) is 0 Å². The van der Waals surface area contributed by atoms with Crippen LogP contribution in [-0.2, 0) is 12.8 Å². The molecule has 2 heterocycles. The zero-order chi connectivity index (χ0) is 9.38. The minimum Gasteiger partial charge on any atom is -0.309 e. The lowest BCUT2D eigenvalue weighted by atomic mass is 10.1. The maximum Gasteiger partial charge on any atom is 0.0576 e. The van der Waals surface area contributed by atoms with Crippen molar-refractivity contribution in [1.82, 2.24) is 10.3 Å². The fourth-order valence-electron chi connectivity index (χ4n) is 2.57. The molecule has 74 valence electrons. The van der Waals surface area contributed by atoms with Gasteiger partial charge in [-0.15, -0.1) is 0 Å². The van der Waals surface area contributed by atoms with Gasteiger partial charge in [0.25, 0.3) is 0 Å². The van der Waals surface area contributed by atoms with Crippen molar-refractivity contribution < 1.29 is 0 Å². The minimum absolute atomic E-state index is 0.529. The first-order valence-electron chi connectivity index (χ1n) is 5.65. The number of hydrogen-bond acceptors (Lipinski definition) is 2. The summed E-state index contributed by atoms with van der Waals surface area (Å²) in [7, 11) is 0. The molecule has 1 fully saturated rings. The van der Waals surface area contributed by atoms with Crippen LogP contribution in [0.1, 0.15) is 42.3 Å².